The predicted octanol–water partition coefficient (Wildman–Crippen LogP) is 4.29. The maximum atomic E-state index is 13.7. The fraction of sp³-hybridized carbons (Fsp3) is 0.533. The van der Waals surface area contributed by atoms with Crippen molar-refractivity contribution >= 4 is 21.8 Å². The molecule has 4 heteroatoms. The maximum absolute atomic E-state index is 13.7. The second-order valence-corrected chi connectivity index (χ2v) is 6.88. The molecule has 0 radical (unpaired) electrons. The van der Waals surface area contributed by atoms with Crippen molar-refractivity contribution in [3.63, 3.8) is 0 Å². The van der Waals surface area contributed by atoms with Crippen LogP contribution in [-0.4, -0.2) is 11.9 Å². The first-order valence-corrected chi connectivity index (χ1v) is 7.43. The topological polar surface area (TPSA) is 29.1 Å². The lowest BCUT2D eigenvalue weighted by Crippen LogP contribution is -2.41. The van der Waals surface area contributed by atoms with E-state index >= 15 is 0 Å². The van der Waals surface area contributed by atoms with Crippen LogP contribution in [0.3, 0.4) is 0 Å². The highest BCUT2D eigenvalue weighted by molar-refractivity contribution is 9.10. The van der Waals surface area contributed by atoms with E-state index in [0.717, 1.165) is 19.3 Å². The minimum absolute atomic E-state index is 0.103. The van der Waals surface area contributed by atoms with Crippen molar-refractivity contribution in [3.8, 4) is 0 Å². The average Bonchev–Trinajstić information content (AvgIpc) is 2.27. The van der Waals surface area contributed by atoms with E-state index in [2.05, 4.69) is 35.1 Å². The van der Waals surface area contributed by atoms with Gasteiger partial charge >= 0.3 is 0 Å². The van der Waals surface area contributed by atoms with Gasteiger partial charge in [0.1, 0.15) is 5.82 Å². The van der Waals surface area contributed by atoms with Crippen molar-refractivity contribution in [2.75, 3.05) is 0 Å². The van der Waals surface area contributed by atoms with E-state index in [0.29, 0.717) is 4.47 Å². The molecule has 1 aromatic rings. The van der Waals surface area contributed by atoms with Gasteiger partial charge in [-0.15, -0.1) is 0 Å². The Morgan fingerprint density at radius 3 is 2.84 bits per heavy atom. The number of benzene rings is 1. The van der Waals surface area contributed by atoms with Crippen LogP contribution in [0.15, 0.2) is 22.7 Å². The van der Waals surface area contributed by atoms with Crippen molar-refractivity contribution in [3.05, 3.63) is 34.1 Å². The van der Waals surface area contributed by atoms with Crippen LogP contribution < -0.4 is 5.32 Å². The highest BCUT2D eigenvalue weighted by atomic mass is 79.9. The molecule has 104 valence electrons. The van der Waals surface area contributed by atoms with Crippen molar-refractivity contribution in [1.29, 1.82) is 0 Å². The van der Waals surface area contributed by atoms with Crippen molar-refractivity contribution in [1.82, 2.24) is 5.32 Å². The van der Waals surface area contributed by atoms with Crippen LogP contribution in [0, 0.1) is 11.2 Å². The van der Waals surface area contributed by atoms with E-state index in [-0.39, 0.29) is 22.9 Å². The minimum Gasteiger partial charge on any atom is -0.349 e. The van der Waals surface area contributed by atoms with Gasteiger partial charge in [0.15, 0.2) is 0 Å². The minimum atomic E-state index is -0.484. The summed E-state index contributed by atoms with van der Waals surface area (Å²) in [5, 5.41) is 2.96. The number of carbonyl (C=O) groups is 1. The van der Waals surface area contributed by atoms with E-state index in [9.17, 15) is 9.18 Å². The Bertz CT molecular complexity index is 467. The Kier molecular flexibility index (Phi) is 4.29. The molecule has 1 atom stereocenters. The number of hydrogen-bond donors (Lipinski definition) is 1. The zero-order chi connectivity index (χ0) is 14.0. The Labute approximate surface area is 121 Å². The van der Waals surface area contributed by atoms with Crippen molar-refractivity contribution < 1.29 is 9.18 Å². The fourth-order valence-corrected chi connectivity index (χ4v) is 3.32. The van der Waals surface area contributed by atoms with Crippen LogP contribution in [0.4, 0.5) is 4.39 Å². The van der Waals surface area contributed by atoms with E-state index in [1.165, 1.54) is 12.5 Å². The van der Waals surface area contributed by atoms with Crippen molar-refractivity contribution in [2.24, 2.45) is 5.41 Å². The van der Waals surface area contributed by atoms with Gasteiger partial charge in [-0.2, -0.15) is 0 Å². The monoisotopic (exact) mass is 327 g/mol. The summed E-state index contributed by atoms with van der Waals surface area (Å²) in [5.74, 6) is -0.811. The van der Waals surface area contributed by atoms with Gasteiger partial charge in [0.25, 0.3) is 5.91 Å². The first-order valence-electron chi connectivity index (χ1n) is 6.64. The highest BCUT2D eigenvalue weighted by Gasteiger charge is 2.29. The second-order valence-electron chi connectivity index (χ2n) is 6.03. The van der Waals surface area contributed by atoms with Crippen LogP contribution in [-0.2, 0) is 0 Å². The summed E-state index contributed by atoms with van der Waals surface area (Å²) in [6, 6.07) is 4.72. The third kappa shape index (κ3) is 3.56. The van der Waals surface area contributed by atoms with Gasteiger partial charge in [-0.05, 0) is 52.7 Å². The van der Waals surface area contributed by atoms with Gasteiger partial charge in [0.05, 0.1) is 5.56 Å². The van der Waals surface area contributed by atoms with Gasteiger partial charge < -0.3 is 5.32 Å². The largest absolute Gasteiger partial charge is 0.349 e. The molecule has 1 fully saturated rings. The summed E-state index contributed by atoms with van der Waals surface area (Å²) in [4.78, 5) is 12.2. The summed E-state index contributed by atoms with van der Waals surface area (Å²) in [7, 11) is 0. The first kappa shape index (κ1) is 14.5. The highest BCUT2D eigenvalue weighted by Crippen LogP contribution is 2.35. The molecule has 1 unspecified atom stereocenters. The van der Waals surface area contributed by atoms with Gasteiger partial charge in [-0.3, -0.25) is 4.79 Å². The molecule has 1 aliphatic carbocycles. The number of hydrogen-bond acceptors (Lipinski definition) is 1. The van der Waals surface area contributed by atoms with E-state index in [1.807, 2.05) is 0 Å². The number of nitrogens with one attached hydrogen (secondary N) is 1. The van der Waals surface area contributed by atoms with E-state index in [1.54, 1.807) is 12.1 Å². The van der Waals surface area contributed by atoms with Crippen molar-refractivity contribution in [2.45, 2.75) is 45.6 Å². The fourth-order valence-electron chi connectivity index (χ4n) is 2.79. The Hall–Kier alpha value is -0.900. The van der Waals surface area contributed by atoms with Gasteiger partial charge in [-0.1, -0.05) is 26.3 Å². The Morgan fingerprint density at radius 1 is 1.47 bits per heavy atom. The zero-order valence-corrected chi connectivity index (χ0v) is 12.9. The van der Waals surface area contributed by atoms with Crippen LogP contribution >= 0.6 is 15.9 Å². The molecule has 0 heterocycles. The molecule has 0 bridgehead atoms. The standard InChI is InChI=1S/C15H19BrFNO/c1-15(2)8-4-5-10(9-15)18-14(19)13-11(16)6-3-7-12(13)17/h3,6-7,10H,4-5,8-9H2,1-2H3,(H,18,19). The first-order chi connectivity index (χ1) is 8.89. The quantitative estimate of drug-likeness (QED) is 0.862. The summed E-state index contributed by atoms with van der Waals surface area (Å²) < 4.78 is 14.2. The average molecular weight is 328 g/mol. The molecule has 0 aliphatic heterocycles. The lowest BCUT2D eigenvalue weighted by atomic mass is 9.75. The molecule has 2 rings (SSSR count). The summed E-state index contributed by atoms with van der Waals surface area (Å²) in [6.45, 7) is 4.43. The molecule has 1 aliphatic rings. The molecule has 0 spiro atoms. The lowest BCUT2D eigenvalue weighted by molar-refractivity contribution is 0.0897. The maximum Gasteiger partial charge on any atom is 0.255 e. The smallest absolute Gasteiger partial charge is 0.255 e. The van der Waals surface area contributed by atoms with Crippen LogP contribution in [0.5, 0.6) is 0 Å². The molecule has 1 aromatic carbocycles. The third-order valence-corrected chi connectivity index (χ3v) is 4.39. The molecule has 2 nitrogen and oxygen atoms in total. The normalized spacial score (nSPS) is 22.0. The third-order valence-electron chi connectivity index (χ3n) is 3.73. The summed E-state index contributed by atoms with van der Waals surface area (Å²) >= 11 is 3.23. The number of halogens is 2. The number of amides is 1. The van der Waals surface area contributed by atoms with E-state index < -0.39 is 5.82 Å². The van der Waals surface area contributed by atoms with Gasteiger partial charge in [-0.25, -0.2) is 4.39 Å². The lowest BCUT2D eigenvalue weighted by Gasteiger charge is -2.35. The predicted molar refractivity (Wildman–Crippen MR) is 77.6 cm³/mol. The molecular formula is C15H19BrFNO. The number of carbonyl (C=O) groups excluding carboxylic acids is 1. The van der Waals surface area contributed by atoms with Gasteiger partial charge in [0.2, 0.25) is 0 Å². The molecule has 0 aromatic heterocycles. The second kappa shape index (κ2) is 5.61. The molecular weight excluding hydrogens is 309 g/mol. The van der Waals surface area contributed by atoms with Gasteiger partial charge in [0, 0.05) is 10.5 Å². The Balaban J connectivity index is 2.09. The summed E-state index contributed by atoms with van der Waals surface area (Å²) in [6.07, 6.45) is 4.21. The number of rotatable bonds is 2. The van der Waals surface area contributed by atoms with Crippen LogP contribution in [0.1, 0.15) is 49.9 Å². The Morgan fingerprint density at radius 2 is 2.21 bits per heavy atom. The SMILES string of the molecule is CC1(C)CCCC(NC(=O)c2c(F)cccc2Br)C1. The molecule has 0 saturated heterocycles. The van der Waals surface area contributed by atoms with E-state index in [4.69, 9.17) is 0 Å². The molecule has 1 amide bonds. The summed E-state index contributed by atoms with van der Waals surface area (Å²) in [5.41, 5.74) is 0.355. The van der Waals surface area contributed by atoms with Crippen LogP contribution in [0.25, 0.3) is 0 Å². The molecule has 1 N–H and O–H groups in total. The van der Waals surface area contributed by atoms with Crippen LogP contribution in [0.2, 0.25) is 0 Å². The molecule has 1 saturated carbocycles. The zero-order valence-electron chi connectivity index (χ0n) is 11.3. The molecule has 19 heavy (non-hydrogen) atoms.